The van der Waals surface area contributed by atoms with E-state index in [-0.39, 0.29) is 17.2 Å². The van der Waals surface area contributed by atoms with Crippen LogP contribution in [0, 0.1) is 5.41 Å². The summed E-state index contributed by atoms with van der Waals surface area (Å²) in [6.45, 7) is 8.36. The smallest absolute Gasteiger partial charge is 0.211 e. The maximum atomic E-state index is 12.0. The zero-order chi connectivity index (χ0) is 14.4. The van der Waals surface area contributed by atoms with E-state index >= 15 is 0 Å². The third-order valence-corrected chi connectivity index (χ3v) is 5.34. The van der Waals surface area contributed by atoms with Gasteiger partial charge in [-0.05, 0) is 50.6 Å². The molecule has 19 heavy (non-hydrogen) atoms. The highest BCUT2D eigenvalue weighted by Crippen LogP contribution is 2.35. The number of hydrogen-bond donors (Lipinski definition) is 2. The second kappa shape index (κ2) is 7.60. The predicted octanol–water partition coefficient (Wildman–Crippen LogP) is 2.26. The first-order valence-electron chi connectivity index (χ1n) is 7.55. The summed E-state index contributed by atoms with van der Waals surface area (Å²) < 4.78 is 26.9. The summed E-state index contributed by atoms with van der Waals surface area (Å²) in [5.41, 5.74) is 0.274. The van der Waals surface area contributed by atoms with E-state index in [1.165, 1.54) is 6.42 Å². The molecule has 0 aromatic carbocycles. The van der Waals surface area contributed by atoms with E-state index < -0.39 is 10.0 Å². The number of nitrogens with one attached hydrogen (secondary N) is 2. The molecule has 0 bridgehead atoms. The third kappa shape index (κ3) is 7.28. The van der Waals surface area contributed by atoms with Gasteiger partial charge in [0.05, 0.1) is 5.75 Å². The molecule has 1 unspecified atom stereocenters. The second-order valence-corrected chi connectivity index (χ2v) is 8.33. The van der Waals surface area contributed by atoms with Crippen LogP contribution in [0.1, 0.15) is 59.3 Å². The Kier molecular flexibility index (Phi) is 6.77. The monoisotopic (exact) mass is 290 g/mol. The maximum Gasteiger partial charge on any atom is 0.211 e. The van der Waals surface area contributed by atoms with Crippen LogP contribution in [0.5, 0.6) is 0 Å². The Hall–Kier alpha value is -0.130. The van der Waals surface area contributed by atoms with E-state index in [0.717, 1.165) is 45.2 Å². The van der Waals surface area contributed by atoms with Crippen molar-refractivity contribution >= 4 is 10.0 Å². The van der Waals surface area contributed by atoms with Gasteiger partial charge in [-0.3, -0.25) is 0 Å². The van der Waals surface area contributed by atoms with Crippen molar-refractivity contribution in [3.05, 3.63) is 0 Å². The first kappa shape index (κ1) is 16.9. The quantitative estimate of drug-likeness (QED) is 0.674. The first-order valence-corrected chi connectivity index (χ1v) is 9.20. The topological polar surface area (TPSA) is 58.2 Å². The van der Waals surface area contributed by atoms with Gasteiger partial charge in [-0.25, -0.2) is 13.1 Å². The minimum absolute atomic E-state index is 0.141. The van der Waals surface area contributed by atoms with E-state index in [2.05, 4.69) is 30.8 Å². The molecule has 0 radical (unpaired) electrons. The molecule has 0 aromatic heterocycles. The fourth-order valence-corrected chi connectivity index (χ4v) is 4.24. The molecular weight excluding hydrogens is 260 g/mol. The van der Waals surface area contributed by atoms with E-state index in [1.807, 2.05) is 0 Å². The van der Waals surface area contributed by atoms with Crippen molar-refractivity contribution < 1.29 is 8.42 Å². The van der Waals surface area contributed by atoms with Crippen LogP contribution < -0.4 is 10.0 Å². The standard InChI is InChI=1S/C14H30N2O2S/c1-4-15-10-5-6-11-19(17,18)16-13-8-7-9-14(2,3)12-13/h13,15-16H,4-12H2,1-3H3. The third-order valence-electron chi connectivity index (χ3n) is 3.82. The van der Waals surface area contributed by atoms with Crippen molar-refractivity contribution in [1.82, 2.24) is 10.0 Å². The highest BCUT2D eigenvalue weighted by Gasteiger charge is 2.30. The van der Waals surface area contributed by atoms with E-state index in [9.17, 15) is 8.42 Å². The first-order chi connectivity index (χ1) is 8.85. The van der Waals surface area contributed by atoms with Gasteiger partial charge >= 0.3 is 0 Å². The lowest BCUT2D eigenvalue weighted by Gasteiger charge is -2.35. The zero-order valence-corrected chi connectivity index (χ0v) is 13.5. The number of sulfonamides is 1. The summed E-state index contributed by atoms with van der Waals surface area (Å²) in [6, 6.07) is 0.141. The SMILES string of the molecule is CCNCCCCS(=O)(=O)NC1CCCC(C)(C)C1. The van der Waals surface area contributed by atoms with Gasteiger partial charge in [0.15, 0.2) is 0 Å². The van der Waals surface area contributed by atoms with Gasteiger partial charge in [0.1, 0.15) is 0 Å². The van der Waals surface area contributed by atoms with Crippen LogP contribution in [0.4, 0.5) is 0 Å². The molecule has 1 saturated carbocycles. The average Bonchev–Trinajstić information content (AvgIpc) is 2.26. The fourth-order valence-electron chi connectivity index (χ4n) is 2.83. The summed E-state index contributed by atoms with van der Waals surface area (Å²) in [6.07, 6.45) is 5.93. The summed E-state index contributed by atoms with van der Waals surface area (Å²) in [5, 5.41) is 3.21. The minimum Gasteiger partial charge on any atom is -0.317 e. The predicted molar refractivity (Wildman–Crippen MR) is 80.7 cm³/mol. The molecule has 0 amide bonds. The Balaban J connectivity index is 2.29. The van der Waals surface area contributed by atoms with Crippen LogP contribution in [-0.2, 0) is 10.0 Å². The summed E-state index contributed by atoms with van der Waals surface area (Å²) in [7, 11) is -3.10. The van der Waals surface area contributed by atoms with Crippen LogP contribution in [0.25, 0.3) is 0 Å². The van der Waals surface area contributed by atoms with Crippen LogP contribution in [0.3, 0.4) is 0 Å². The molecule has 2 N–H and O–H groups in total. The summed E-state index contributed by atoms with van der Waals surface area (Å²) in [4.78, 5) is 0. The van der Waals surface area contributed by atoms with Gasteiger partial charge in [0.25, 0.3) is 0 Å². The van der Waals surface area contributed by atoms with Crippen molar-refractivity contribution in [2.75, 3.05) is 18.8 Å². The van der Waals surface area contributed by atoms with Crippen molar-refractivity contribution in [3.63, 3.8) is 0 Å². The Morgan fingerprint density at radius 1 is 1.26 bits per heavy atom. The lowest BCUT2D eigenvalue weighted by Crippen LogP contribution is -2.41. The van der Waals surface area contributed by atoms with Gasteiger partial charge < -0.3 is 5.32 Å². The van der Waals surface area contributed by atoms with Crippen LogP contribution in [-0.4, -0.2) is 33.3 Å². The van der Waals surface area contributed by atoms with E-state index in [1.54, 1.807) is 0 Å². The largest absolute Gasteiger partial charge is 0.317 e. The second-order valence-electron chi connectivity index (χ2n) is 6.45. The molecule has 0 aromatic rings. The summed E-state index contributed by atoms with van der Waals surface area (Å²) >= 11 is 0. The maximum absolute atomic E-state index is 12.0. The normalized spacial score (nSPS) is 23.4. The van der Waals surface area contributed by atoms with E-state index in [4.69, 9.17) is 0 Å². The molecule has 1 aliphatic rings. The van der Waals surface area contributed by atoms with Crippen molar-refractivity contribution in [2.45, 2.75) is 65.3 Å². The van der Waals surface area contributed by atoms with Crippen molar-refractivity contribution in [1.29, 1.82) is 0 Å². The lowest BCUT2D eigenvalue weighted by atomic mass is 9.75. The molecule has 0 aliphatic heterocycles. The lowest BCUT2D eigenvalue weighted by molar-refractivity contribution is 0.212. The molecule has 5 heteroatoms. The van der Waals surface area contributed by atoms with Crippen LogP contribution in [0.15, 0.2) is 0 Å². The highest BCUT2D eigenvalue weighted by molar-refractivity contribution is 7.89. The van der Waals surface area contributed by atoms with Gasteiger partial charge in [-0.2, -0.15) is 0 Å². The Morgan fingerprint density at radius 3 is 2.63 bits per heavy atom. The highest BCUT2D eigenvalue weighted by atomic mass is 32.2. The van der Waals surface area contributed by atoms with Crippen LogP contribution >= 0.6 is 0 Å². The number of hydrogen-bond acceptors (Lipinski definition) is 3. The molecule has 1 aliphatic carbocycles. The molecule has 0 saturated heterocycles. The average molecular weight is 290 g/mol. The van der Waals surface area contributed by atoms with Gasteiger partial charge in [-0.1, -0.05) is 27.2 Å². The molecule has 114 valence electrons. The van der Waals surface area contributed by atoms with Crippen molar-refractivity contribution in [2.24, 2.45) is 5.41 Å². The Bertz CT molecular complexity index is 352. The molecule has 1 rings (SSSR count). The molecule has 0 heterocycles. The number of rotatable bonds is 8. The van der Waals surface area contributed by atoms with Crippen molar-refractivity contribution in [3.8, 4) is 0 Å². The zero-order valence-electron chi connectivity index (χ0n) is 12.7. The molecule has 0 spiro atoms. The Morgan fingerprint density at radius 2 is 2.00 bits per heavy atom. The molecular formula is C14H30N2O2S. The van der Waals surface area contributed by atoms with Gasteiger partial charge in [0, 0.05) is 6.04 Å². The summed E-state index contributed by atoms with van der Waals surface area (Å²) in [5.74, 6) is 0.259. The van der Waals surface area contributed by atoms with E-state index in [0.29, 0.717) is 0 Å². The van der Waals surface area contributed by atoms with Gasteiger partial charge in [0.2, 0.25) is 10.0 Å². The van der Waals surface area contributed by atoms with Crippen LogP contribution in [0.2, 0.25) is 0 Å². The molecule has 1 fully saturated rings. The minimum atomic E-state index is -3.10. The number of unbranched alkanes of at least 4 members (excludes halogenated alkanes) is 1. The van der Waals surface area contributed by atoms with Gasteiger partial charge in [-0.15, -0.1) is 0 Å². The molecule has 1 atom stereocenters. The molecule has 4 nitrogen and oxygen atoms in total. The Labute approximate surface area is 118 Å². The fraction of sp³-hybridized carbons (Fsp3) is 1.00.